The lowest BCUT2D eigenvalue weighted by molar-refractivity contribution is 0.0970. The molecule has 0 bridgehead atoms. The zero-order valence-electron chi connectivity index (χ0n) is 13.2. The normalized spacial score (nSPS) is 12.0. The molecule has 0 atom stereocenters. The molecule has 0 aliphatic heterocycles. The summed E-state index contributed by atoms with van der Waals surface area (Å²) in [5.74, 6) is -0.348. The molecule has 7 heteroatoms. The van der Waals surface area contributed by atoms with E-state index in [0.29, 0.717) is 16.1 Å². The van der Waals surface area contributed by atoms with E-state index in [2.05, 4.69) is 5.32 Å². The molecule has 0 aliphatic rings. The molecule has 1 amide bonds. The van der Waals surface area contributed by atoms with Crippen LogP contribution in [0.3, 0.4) is 0 Å². The highest BCUT2D eigenvalue weighted by Gasteiger charge is 2.30. The first kappa shape index (κ1) is 18.4. The number of benzene rings is 2. The van der Waals surface area contributed by atoms with E-state index in [1.54, 1.807) is 48.5 Å². The predicted molar refractivity (Wildman–Crippen MR) is 95.0 cm³/mol. The number of rotatable bonds is 6. The maximum absolute atomic E-state index is 12.8. The van der Waals surface area contributed by atoms with Crippen LogP contribution < -0.4 is 5.32 Å². The van der Waals surface area contributed by atoms with Gasteiger partial charge < -0.3 is 14.4 Å². The zero-order chi connectivity index (χ0) is 17.6. The SMILES string of the molecule is COP(=O)(OC)C(=CNC(=O)c1ccccc1)c1ccccc1Cl. The molecule has 0 fully saturated rings. The molecule has 24 heavy (non-hydrogen) atoms. The van der Waals surface area contributed by atoms with Crippen LogP contribution in [0.25, 0.3) is 5.31 Å². The van der Waals surface area contributed by atoms with Crippen molar-refractivity contribution >= 4 is 30.4 Å². The second kappa shape index (κ2) is 8.27. The predicted octanol–water partition coefficient (Wildman–Crippen LogP) is 4.55. The average Bonchev–Trinajstić information content (AvgIpc) is 2.63. The van der Waals surface area contributed by atoms with Gasteiger partial charge in [-0.05, 0) is 18.2 Å². The molecule has 2 aromatic rings. The van der Waals surface area contributed by atoms with E-state index in [-0.39, 0.29) is 11.2 Å². The number of hydrogen-bond acceptors (Lipinski definition) is 4. The minimum atomic E-state index is -3.63. The van der Waals surface area contributed by atoms with Crippen molar-refractivity contribution in [2.24, 2.45) is 0 Å². The lowest BCUT2D eigenvalue weighted by Gasteiger charge is -2.18. The Kier molecular flexibility index (Phi) is 6.35. The first-order chi connectivity index (χ1) is 11.5. The van der Waals surface area contributed by atoms with Crippen LogP contribution in [-0.4, -0.2) is 20.1 Å². The van der Waals surface area contributed by atoms with Crippen LogP contribution in [0.1, 0.15) is 15.9 Å². The third kappa shape index (κ3) is 4.13. The van der Waals surface area contributed by atoms with Gasteiger partial charge >= 0.3 is 7.60 Å². The Morgan fingerprint density at radius 1 is 1.04 bits per heavy atom. The average molecular weight is 366 g/mol. The summed E-state index contributed by atoms with van der Waals surface area (Å²) >= 11 is 6.19. The van der Waals surface area contributed by atoms with Gasteiger partial charge in [0.15, 0.2) is 0 Å². The van der Waals surface area contributed by atoms with Gasteiger partial charge in [0, 0.05) is 36.6 Å². The van der Waals surface area contributed by atoms with Crippen molar-refractivity contribution in [2.75, 3.05) is 14.2 Å². The Morgan fingerprint density at radius 2 is 1.62 bits per heavy atom. The highest BCUT2D eigenvalue weighted by Crippen LogP contribution is 2.59. The van der Waals surface area contributed by atoms with Gasteiger partial charge in [0.1, 0.15) is 0 Å². The summed E-state index contributed by atoms with van der Waals surface area (Å²) in [6.45, 7) is 0. The number of carbonyl (C=O) groups is 1. The molecule has 0 saturated carbocycles. The van der Waals surface area contributed by atoms with Crippen LogP contribution in [0, 0.1) is 0 Å². The molecule has 5 nitrogen and oxygen atoms in total. The number of nitrogens with one attached hydrogen (secondary N) is 1. The monoisotopic (exact) mass is 365 g/mol. The summed E-state index contributed by atoms with van der Waals surface area (Å²) < 4.78 is 22.9. The van der Waals surface area contributed by atoms with Gasteiger partial charge in [-0.3, -0.25) is 9.36 Å². The molecule has 0 aromatic heterocycles. The number of hydrogen-bond donors (Lipinski definition) is 1. The van der Waals surface area contributed by atoms with Crippen molar-refractivity contribution in [1.82, 2.24) is 5.32 Å². The third-order valence-corrected chi connectivity index (χ3v) is 5.55. The molecule has 0 saturated heterocycles. The largest absolute Gasteiger partial charge is 0.362 e. The Balaban J connectivity index is 2.42. The van der Waals surface area contributed by atoms with Crippen molar-refractivity contribution in [3.63, 3.8) is 0 Å². The molecule has 0 unspecified atom stereocenters. The second-order valence-corrected chi connectivity index (χ2v) is 7.33. The van der Waals surface area contributed by atoms with Crippen LogP contribution in [0.15, 0.2) is 60.8 Å². The summed E-state index contributed by atoms with van der Waals surface area (Å²) in [7, 11) is -1.08. The molecule has 2 aromatic carbocycles. The van der Waals surface area contributed by atoms with Gasteiger partial charge in [-0.2, -0.15) is 0 Å². The fraction of sp³-hybridized carbons (Fsp3) is 0.118. The molecule has 0 spiro atoms. The Hall–Kier alpha value is -1.91. The number of carbonyl (C=O) groups excluding carboxylic acids is 1. The summed E-state index contributed by atoms with van der Waals surface area (Å²) in [6, 6.07) is 15.5. The molecule has 0 heterocycles. The highest BCUT2D eigenvalue weighted by molar-refractivity contribution is 7.65. The molecule has 0 aliphatic carbocycles. The summed E-state index contributed by atoms with van der Waals surface area (Å²) in [4.78, 5) is 12.2. The van der Waals surface area contributed by atoms with Crippen molar-refractivity contribution in [2.45, 2.75) is 0 Å². The second-order valence-electron chi connectivity index (χ2n) is 4.71. The Bertz CT molecular complexity index is 784. The maximum atomic E-state index is 12.8. The molecule has 126 valence electrons. The van der Waals surface area contributed by atoms with E-state index in [4.69, 9.17) is 20.6 Å². The Morgan fingerprint density at radius 3 is 2.21 bits per heavy atom. The lowest BCUT2D eigenvalue weighted by atomic mass is 10.2. The third-order valence-electron chi connectivity index (χ3n) is 3.30. The maximum Gasteiger partial charge on any atom is 0.362 e. The minimum Gasteiger partial charge on any atom is -0.328 e. The van der Waals surface area contributed by atoms with Crippen LogP contribution >= 0.6 is 19.2 Å². The molecular formula is C17H17ClNO4P. The van der Waals surface area contributed by atoms with Gasteiger partial charge in [-0.1, -0.05) is 48.0 Å². The highest BCUT2D eigenvalue weighted by atomic mass is 35.5. The standard InChI is InChI=1S/C17H17ClNO4P/c1-22-24(21,23-2)16(14-10-6-7-11-15(14)18)12-19-17(20)13-8-4-3-5-9-13/h3-12H,1-2H3,(H,19,20). The van der Waals surface area contributed by atoms with E-state index >= 15 is 0 Å². The van der Waals surface area contributed by atoms with Crippen molar-refractivity contribution < 1.29 is 18.4 Å². The molecule has 0 radical (unpaired) electrons. The van der Waals surface area contributed by atoms with Gasteiger partial charge in [0.05, 0.1) is 5.31 Å². The van der Waals surface area contributed by atoms with Crippen LogP contribution in [0.2, 0.25) is 5.02 Å². The smallest absolute Gasteiger partial charge is 0.328 e. The number of amides is 1. The molecule has 2 rings (SSSR count). The van der Waals surface area contributed by atoms with E-state index in [9.17, 15) is 9.36 Å². The quantitative estimate of drug-likeness (QED) is 0.762. The summed E-state index contributed by atoms with van der Waals surface area (Å²) in [6.07, 6.45) is 1.31. The Labute approximate surface area is 145 Å². The van der Waals surface area contributed by atoms with Crippen molar-refractivity contribution in [3.8, 4) is 0 Å². The van der Waals surface area contributed by atoms with Crippen molar-refractivity contribution in [3.05, 3.63) is 76.9 Å². The van der Waals surface area contributed by atoms with E-state index in [0.717, 1.165) is 0 Å². The van der Waals surface area contributed by atoms with Gasteiger partial charge in [-0.25, -0.2) is 0 Å². The number of halogens is 1. The fourth-order valence-electron chi connectivity index (χ4n) is 2.05. The molecular weight excluding hydrogens is 349 g/mol. The van der Waals surface area contributed by atoms with E-state index < -0.39 is 7.60 Å². The van der Waals surface area contributed by atoms with Crippen LogP contribution in [-0.2, 0) is 13.6 Å². The van der Waals surface area contributed by atoms with Gasteiger partial charge in [0.2, 0.25) is 0 Å². The summed E-state index contributed by atoms with van der Waals surface area (Å²) in [5.41, 5.74) is 0.927. The van der Waals surface area contributed by atoms with E-state index in [1.807, 2.05) is 6.07 Å². The first-order valence-corrected chi connectivity index (χ1v) is 8.97. The topological polar surface area (TPSA) is 64.6 Å². The fourth-order valence-corrected chi connectivity index (χ4v) is 3.61. The van der Waals surface area contributed by atoms with E-state index in [1.165, 1.54) is 20.4 Å². The summed E-state index contributed by atoms with van der Waals surface area (Å²) in [5, 5.41) is 3.14. The van der Waals surface area contributed by atoms with Gasteiger partial charge in [0.25, 0.3) is 5.91 Å². The zero-order valence-corrected chi connectivity index (χ0v) is 14.9. The minimum absolute atomic E-state index is 0.169. The van der Waals surface area contributed by atoms with Gasteiger partial charge in [-0.15, -0.1) is 0 Å². The first-order valence-electron chi connectivity index (χ1n) is 7.05. The van der Waals surface area contributed by atoms with Crippen molar-refractivity contribution in [1.29, 1.82) is 0 Å². The van der Waals surface area contributed by atoms with Crippen LogP contribution in [0.5, 0.6) is 0 Å². The molecule has 1 N–H and O–H groups in total. The lowest BCUT2D eigenvalue weighted by Crippen LogP contribution is -2.17. The van der Waals surface area contributed by atoms with Crippen LogP contribution in [0.4, 0.5) is 0 Å².